The Hall–Kier alpha value is -3.45. The third-order valence-electron chi connectivity index (χ3n) is 4.77. The zero-order valence-electron chi connectivity index (χ0n) is 16.3. The van der Waals surface area contributed by atoms with Gasteiger partial charge in [0.2, 0.25) is 0 Å². The first-order chi connectivity index (χ1) is 14.6. The first-order valence-electron chi connectivity index (χ1n) is 9.09. The number of benzene rings is 3. The van der Waals surface area contributed by atoms with E-state index in [0.29, 0.717) is 16.9 Å². The van der Waals surface area contributed by atoms with Crippen molar-refractivity contribution < 1.29 is 19.1 Å². The van der Waals surface area contributed by atoms with E-state index in [2.05, 4.69) is 21.0 Å². The Balaban J connectivity index is 2.08. The monoisotopic (exact) mass is 464 g/mol. The molecule has 0 spiro atoms. The van der Waals surface area contributed by atoms with E-state index in [4.69, 9.17) is 9.47 Å². The highest BCUT2D eigenvalue weighted by Crippen LogP contribution is 2.37. The van der Waals surface area contributed by atoms with E-state index < -0.39 is 11.9 Å². The van der Waals surface area contributed by atoms with Gasteiger partial charge in [0.1, 0.15) is 11.3 Å². The minimum Gasteiger partial charge on any atom is -0.465 e. The van der Waals surface area contributed by atoms with Crippen LogP contribution in [0.25, 0.3) is 27.7 Å². The van der Waals surface area contributed by atoms with Crippen LogP contribution in [0.5, 0.6) is 0 Å². The molecule has 150 valence electrons. The molecule has 0 atom stereocenters. The molecule has 0 aliphatic carbocycles. The normalized spacial score (nSPS) is 10.8. The van der Waals surface area contributed by atoms with Crippen molar-refractivity contribution in [2.24, 2.45) is 0 Å². The van der Waals surface area contributed by atoms with Crippen LogP contribution in [0.15, 0.2) is 71.2 Å². The molecule has 0 saturated carbocycles. The molecule has 0 unspecified atom stereocenters. The lowest BCUT2D eigenvalue weighted by atomic mass is 10.0. The van der Waals surface area contributed by atoms with Crippen molar-refractivity contribution in [1.82, 2.24) is 9.78 Å². The standard InChI is InChI=1S/C23H17BrN2O4/c1-29-22(27)18-20(17-13-12-14-8-6-7-11-16(14)19(17)24)25-26(21(18)23(28)30-2)15-9-4-3-5-10-15/h3-13H,1-2H3. The Bertz CT molecular complexity index is 1270. The number of esters is 2. The molecule has 0 fully saturated rings. The van der Waals surface area contributed by atoms with E-state index >= 15 is 0 Å². The number of rotatable bonds is 4. The second-order valence-electron chi connectivity index (χ2n) is 6.45. The van der Waals surface area contributed by atoms with Crippen LogP contribution in [0.4, 0.5) is 0 Å². The van der Waals surface area contributed by atoms with E-state index in [1.54, 1.807) is 12.1 Å². The molecule has 0 aliphatic rings. The second kappa shape index (κ2) is 8.12. The summed E-state index contributed by atoms with van der Waals surface area (Å²) in [6, 6.07) is 20.7. The fourth-order valence-electron chi connectivity index (χ4n) is 3.36. The van der Waals surface area contributed by atoms with Gasteiger partial charge in [-0.1, -0.05) is 54.6 Å². The minimum atomic E-state index is -0.685. The van der Waals surface area contributed by atoms with Gasteiger partial charge in [0.05, 0.1) is 19.9 Å². The average molecular weight is 465 g/mol. The largest absolute Gasteiger partial charge is 0.465 e. The summed E-state index contributed by atoms with van der Waals surface area (Å²) in [5.74, 6) is -1.36. The summed E-state index contributed by atoms with van der Waals surface area (Å²) < 4.78 is 12.1. The summed E-state index contributed by atoms with van der Waals surface area (Å²) in [6.07, 6.45) is 0. The van der Waals surface area contributed by atoms with E-state index in [-0.39, 0.29) is 11.3 Å². The highest BCUT2D eigenvalue weighted by Gasteiger charge is 2.32. The number of hydrogen-bond acceptors (Lipinski definition) is 5. The fraction of sp³-hybridized carbons (Fsp3) is 0.0870. The van der Waals surface area contributed by atoms with E-state index in [9.17, 15) is 9.59 Å². The SMILES string of the molecule is COC(=O)c1c(-c2ccc3ccccc3c2Br)nn(-c2ccccc2)c1C(=O)OC. The molecule has 0 saturated heterocycles. The lowest BCUT2D eigenvalue weighted by Crippen LogP contribution is -2.15. The number of carbonyl (C=O) groups excluding carboxylic acids is 2. The molecule has 4 aromatic rings. The minimum absolute atomic E-state index is 0.00519. The Morgan fingerprint density at radius 3 is 2.23 bits per heavy atom. The molecule has 0 aliphatic heterocycles. The second-order valence-corrected chi connectivity index (χ2v) is 7.24. The van der Waals surface area contributed by atoms with Crippen LogP contribution in [-0.2, 0) is 9.47 Å². The molecule has 30 heavy (non-hydrogen) atoms. The molecule has 0 amide bonds. The van der Waals surface area contributed by atoms with Crippen LogP contribution in [0, 0.1) is 0 Å². The summed E-state index contributed by atoms with van der Waals surface area (Å²) in [5.41, 5.74) is 1.65. The molecular formula is C23H17BrN2O4. The van der Waals surface area contributed by atoms with Crippen molar-refractivity contribution in [3.63, 3.8) is 0 Å². The van der Waals surface area contributed by atoms with Crippen LogP contribution in [-0.4, -0.2) is 35.9 Å². The van der Waals surface area contributed by atoms with Crippen molar-refractivity contribution in [3.05, 3.63) is 82.5 Å². The fourth-order valence-corrected chi connectivity index (χ4v) is 4.04. The van der Waals surface area contributed by atoms with Gasteiger partial charge < -0.3 is 9.47 Å². The van der Waals surface area contributed by atoms with Crippen molar-refractivity contribution in [3.8, 4) is 16.9 Å². The highest BCUT2D eigenvalue weighted by atomic mass is 79.9. The maximum atomic E-state index is 12.8. The van der Waals surface area contributed by atoms with Gasteiger partial charge in [-0.3, -0.25) is 0 Å². The lowest BCUT2D eigenvalue weighted by molar-refractivity contribution is 0.0549. The Morgan fingerprint density at radius 1 is 0.867 bits per heavy atom. The van der Waals surface area contributed by atoms with Crippen LogP contribution in [0.1, 0.15) is 20.8 Å². The Morgan fingerprint density at radius 2 is 1.53 bits per heavy atom. The lowest BCUT2D eigenvalue weighted by Gasteiger charge is -2.08. The number of fused-ring (bicyclic) bond motifs is 1. The number of methoxy groups -OCH3 is 2. The van der Waals surface area contributed by atoms with Gasteiger partial charge in [0.15, 0.2) is 5.69 Å². The van der Waals surface area contributed by atoms with Crippen LogP contribution in [0.2, 0.25) is 0 Å². The molecule has 3 aromatic carbocycles. The molecule has 7 heteroatoms. The smallest absolute Gasteiger partial charge is 0.357 e. The van der Waals surface area contributed by atoms with Gasteiger partial charge in [-0.2, -0.15) is 5.10 Å². The summed E-state index contributed by atoms with van der Waals surface area (Å²) >= 11 is 3.65. The quantitative estimate of drug-likeness (QED) is 0.396. The zero-order valence-corrected chi connectivity index (χ0v) is 17.8. The molecule has 0 radical (unpaired) electrons. The number of para-hydroxylation sites is 1. The number of halogens is 1. The summed E-state index contributed by atoms with van der Waals surface area (Å²) in [4.78, 5) is 25.5. The number of hydrogen-bond donors (Lipinski definition) is 0. The molecule has 0 bridgehead atoms. The van der Waals surface area contributed by atoms with Gasteiger partial charge in [-0.15, -0.1) is 0 Å². The van der Waals surface area contributed by atoms with Crippen molar-refractivity contribution in [2.75, 3.05) is 14.2 Å². The van der Waals surface area contributed by atoms with E-state index in [1.165, 1.54) is 18.9 Å². The van der Waals surface area contributed by atoms with Crippen LogP contribution < -0.4 is 0 Å². The molecule has 0 N–H and O–H groups in total. The number of carbonyl (C=O) groups is 2. The highest BCUT2D eigenvalue weighted by molar-refractivity contribution is 9.10. The van der Waals surface area contributed by atoms with Gasteiger partial charge in [0.25, 0.3) is 0 Å². The van der Waals surface area contributed by atoms with E-state index in [0.717, 1.165) is 15.2 Å². The summed E-state index contributed by atoms with van der Waals surface area (Å²) in [6.45, 7) is 0. The third-order valence-corrected chi connectivity index (χ3v) is 5.63. The van der Waals surface area contributed by atoms with Gasteiger partial charge in [-0.25, -0.2) is 14.3 Å². The topological polar surface area (TPSA) is 70.4 Å². The predicted molar refractivity (Wildman–Crippen MR) is 117 cm³/mol. The maximum absolute atomic E-state index is 12.8. The average Bonchev–Trinajstić information content (AvgIpc) is 3.19. The summed E-state index contributed by atoms with van der Waals surface area (Å²) in [7, 11) is 2.53. The molecule has 6 nitrogen and oxygen atoms in total. The Kier molecular flexibility index (Phi) is 5.37. The van der Waals surface area contributed by atoms with Gasteiger partial charge in [0, 0.05) is 10.0 Å². The molecule has 1 aromatic heterocycles. The third kappa shape index (κ3) is 3.27. The zero-order chi connectivity index (χ0) is 21.3. The number of aromatic nitrogens is 2. The number of ether oxygens (including phenoxy) is 2. The van der Waals surface area contributed by atoms with Crippen molar-refractivity contribution in [1.29, 1.82) is 0 Å². The van der Waals surface area contributed by atoms with Crippen molar-refractivity contribution >= 4 is 38.6 Å². The molecule has 4 rings (SSSR count). The molecule has 1 heterocycles. The first-order valence-corrected chi connectivity index (χ1v) is 9.88. The maximum Gasteiger partial charge on any atom is 0.357 e. The van der Waals surface area contributed by atoms with Crippen molar-refractivity contribution in [2.45, 2.75) is 0 Å². The van der Waals surface area contributed by atoms with Crippen LogP contribution >= 0.6 is 15.9 Å². The summed E-state index contributed by atoms with van der Waals surface area (Å²) in [5, 5.41) is 6.63. The van der Waals surface area contributed by atoms with Gasteiger partial charge in [-0.05, 0) is 38.8 Å². The van der Waals surface area contributed by atoms with Crippen LogP contribution in [0.3, 0.4) is 0 Å². The predicted octanol–water partition coefficient (Wildman–Crippen LogP) is 5.03. The van der Waals surface area contributed by atoms with E-state index in [1.807, 2.05) is 54.6 Å². The van der Waals surface area contributed by atoms with Gasteiger partial charge >= 0.3 is 11.9 Å². The number of nitrogens with zero attached hydrogens (tertiary/aromatic N) is 2. The first kappa shape index (κ1) is 19.8. The Labute approximate surface area is 181 Å². The molecular weight excluding hydrogens is 448 g/mol.